The number of ether oxygens (including phenoxy) is 1. The van der Waals surface area contributed by atoms with Crippen molar-refractivity contribution in [2.45, 2.75) is 13.0 Å². The van der Waals surface area contributed by atoms with Crippen LogP contribution in [0, 0.1) is 5.82 Å². The van der Waals surface area contributed by atoms with Crippen LogP contribution in [0.2, 0.25) is 5.02 Å². The Kier molecular flexibility index (Phi) is 3.62. The summed E-state index contributed by atoms with van der Waals surface area (Å²) in [6.45, 7) is 1.84. The summed E-state index contributed by atoms with van der Waals surface area (Å²) >= 11 is 5.79. The molecule has 0 bridgehead atoms. The fourth-order valence-electron chi connectivity index (χ4n) is 2.48. The SMILES string of the molecule is CC1C=C(c2ccc(Cl)cc2F)c2cc(C(=O)O)ccc2O1. The maximum Gasteiger partial charge on any atom is 0.335 e. The molecule has 0 amide bonds. The third kappa shape index (κ3) is 2.57. The number of benzene rings is 2. The van der Waals surface area contributed by atoms with E-state index >= 15 is 0 Å². The van der Waals surface area contributed by atoms with E-state index in [9.17, 15) is 9.18 Å². The van der Waals surface area contributed by atoms with Crippen molar-refractivity contribution in [3.63, 3.8) is 0 Å². The fraction of sp³-hybridized carbons (Fsp3) is 0.118. The topological polar surface area (TPSA) is 46.5 Å². The number of carboxylic acid groups (broad SMARTS) is 1. The largest absolute Gasteiger partial charge is 0.486 e. The average molecular weight is 319 g/mol. The highest BCUT2D eigenvalue weighted by atomic mass is 35.5. The number of hydrogen-bond acceptors (Lipinski definition) is 2. The zero-order valence-electron chi connectivity index (χ0n) is 11.6. The maximum atomic E-state index is 14.2. The number of hydrogen-bond donors (Lipinski definition) is 1. The first-order valence-electron chi connectivity index (χ1n) is 6.67. The first kappa shape index (κ1) is 14.6. The Bertz CT molecular complexity index is 798. The predicted octanol–water partition coefficient (Wildman–Crippen LogP) is 4.39. The summed E-state index contributed by atoms with van der Waals surface area (Å²) in [5.74, 6) is -0.971. The van der Waals surface area contributed by atoms with E-state index in [1.807, 2.05) is 6.92 Å². The first-order chi connectivity index (χ1) is 10.5. The standard InChI is InChI=1S/C17H12ClFO3/c1-9-6-13(12-4-3-11(18)8-15(12)19)14-7-10(17(20)21)2-5-16(14)22-9/h2-9H,1H3,(H,20,21). The summed E-state index contributed by atoms with van der Waals surface area (Å²) in [5.41, 5.74) is 1.64. The lowest BCUT2D eigenvalue weighted by atomic mass is 9.92. The van der Waals surface area contributed by atoms with Crippen LogP contribution in [0.15, 0.2) is 42.5 Å². The van der Waals surface area contributed by atoms with E-state index in [0.29, 0.717) is 27.5 Å². The Morgan fingerprint density at radius 3 is 2.68 bits per heavy atom. The molecule has 5 heteroatoms. The van der Waals surface area contributed by atoms with Gasteiger partial charge >= 0.3 is 5.97 Å². The summed E-state index contributed by atoms with van der Waals surface area (Å²) < 4.78 is 19.9. The van der Waals surface area contributed by atoms with Gasteiger partial charge in [-0.15, -0.1) is 0 Å². The van der Waals surface area contributed by atoms with E-state index < -0.39 is 11.8 Å². The molecule has 3 rings (SSSR count). The molecule has 22 heavy (non-hydrogen) atoms. The van der Waals surface area contributed by atoms with E-state index in [0.717, 1.165) is 0 Å². The Morgan fingerprint density at radius 2 is 2.00 bits per heavy atom. The van der Waals surface area contributed by atoms with Crippen LogP contribution >= 0.6 is 11.6 Å². The average Bonchev–Trinajstić information content (AvgIpc) is 2.46. The number of halogens is 2. The van der Waals surface area contributed by atoms with E-state index in [-0.39, 0.29) is 11.7 Å². The van der Waals surface area contributed by atoms with Gasteiger partial charge < -0.3 is 9.84 Å². The molecule has 2 aromatic rings. The van der Waals surface area contributed by atoms with Crippen LogP contribution in [0.3, 0.4) is 0 Å². The molecular weight excluding hydrogens is 307 g/mol. The van der Waals surface area contributed by atoms with Gasteiger partial charge in [-0.05, 0) is 55.0 Å². The molecule has 0 aliphatic carbocycles. The van der Waals surface area contributed by atoms with Crippen LogP contribution < -0.4 is 4.74 Å². The van der Waals surface area contributed by atoms with Crippen LogP contribution in [-0.4, -0.2) is 17.2 Å². The Balaban J connectivity index is 2.19. The Hall–Kier alpha value is -2.33. The molecule has 0 saturated heterocycles. The Labute approximate surface area is 131 Å². The molecule has 1 unspecified atom stereocenters. The number of carboxylic acids is 1. The minimum Gasteiger partial charge on any atom is -0.486 e. The van der Waals surface area contributed by atoms with E-state index in [1.54, 1.807) is 24.3 Å². The molecule has 3 nitrogen and oxygen atoms in total. The normalized spacial score (nSPS) is 16.5. The van der Waals surface area contributed by atoms with Crippen molar-refractivity contribution in [1.29, 1.82) is 0 Å². The zero-order valence-corrected chi connectivity index (χ0v) is 12.4. The summed E-state index contributed by atoms with van der Waals surface area (Å²) in [5, 5.41) is 9.44. The smallest absolute Gasteiger partial charge is 0.335 e. The summed E-state index contributed by atoms with van der Waals surface area (Å²) in [4.78, 5) is 11.2. The molecule has 0 spiro atoms. The maximum absolute atomic E-state index is 14.2. The minimum atomic E-state index is -1.04. The van der Waals surface area contributed by atoms with Gasteiger partial charge in [-0.25, -0.2) is 9.18 Å². The third-order valence-corrected chi connectivity index (χ3v) is 3.69. The lowest BCUT2D eigenvalue weighted by Crippen LogP contribution is -2.16. The van der Waals surface area contributed by atoms with Crippen LogP contribution in [0.1, 0.15) is 28.4 Å². The van der Waals surface area contributed by atoms with Gasteiger partial charge in [0.1, 0.15) is 17.7 Å². The molecule has 1 N–H and O–H groups in total. The molecule has 0 radical (unpaired) electrons. The number of rotatable bonds is 2. The highest BCUT2D eigenvalue weighted by Gasteiger charge is 2.22. The highest BCUT2D eigenvalue weighted by Crippen LogP contribution is 2.38. The predicted molar refractivity (Wildman–Crippen MR) is 82.0 cm³/mol. The van der Waals surface area contributed by atoms with Gasteiger partial charge in [-0.2, -0.15) is 0 Å². The lowest BCUT2D eigenvalue weighted by molar-refractivity contribution is 0.0697. The zero-order chi connectivity index (χ0) is 15.9. The summed E-state index contributed by atoms with van der Waals surface area (Å²) in [6, 6.07) is 8.97. The second-order valence-corrected chi connectivity index (χ2v) is 5.48. The van der Waals surface area contributed by atoms with Gasteiger partial charge in [-0.3, -0.25) is 0 Å². The van der Waals surface area contributed by atoms with Crippen molar-refractivity contribution < 1.29 is 19.0 Å². The van der Waals surface area contributed by atoms with Crippen molar-refractivity contribution in [2.75, 3.05) is 0 Å². The van der Waals surface area contributed by atoms with E-state index in [4.69, 9.17) is 21.4 Å². The minimum absolute atomic E-state index is 0.122. The van der Waals surface area contributed by atoms with E-state index in [1.165, 1.54) is 18.2 Å². The van der Waals surface area contributed by atoms with Gasteiger partial charge in [-0.1, -0.05) is 11.6 Å². The monoisotopic (exact) mass is 318 g/mol. The lowest BCUT2D eigenvalue weighted by Gasteiger charge is -2.24. The molecular formula is C17H12ClFO3. The van der Waals surface area contributed by atoms with Crippen LogP contribution in [0.4, 0.5) is 4.39 Å². The van der Waals surface area contributed by atoms with Crippen molar-refractivity contribution in [1.82, 2.24) is 0 Å². The first-order valence-corrected chi connectivity index (χ1v) is 7.05. The number of fused-ring (bicyclic) bond motifs is 1. The van der Waals surface area contributed by atoms with E-state index in [2.05, 4.69) is 0 Å². The van der Waals surface area contributed by atoms with Gasteiger partial charge in [0.25, 0.3) is 0 Å². The van der Waals surface area contributed by atoms with Crippen molar-refractivity contribution in [3.8, 4) is 5.75 Å². The quantitative estimate of drug-likeness (QED) is 0.893. The molecule has 0 aromatic heterocycles. The molecule has 1 atom stereocenters. The van der Waals surface area contributed by atoms with Crippen LogP contribution in [0.5, 0.6) is 5.75 Å². The number of carbonyl (C=O) groups is 1. The van der Waals surface area contributed by atoms with Crippen molar-refractivity contribution in [3.05, 3.63) is 70.0 Å². The van der Waals surface area contributed by atoms with Crippen molar-refractivity contribution >= 4 is 23.1 Å². The van der Waals surface area contributed by atoms with Gasteiger partial charge in [0.15, 0.2) is 0 Å². The summed E-state index contributed by atoms with van der Waals surface area (Å²) in [6.07, 6.45) is 1.52. The fourth-order valence-corrected chi connectivity index (χ4v) is 2.64. The van der Waals surface area contributed by atoms with Gasteiger partial charge in [0.05, 0.1) is 5.56 Å². The Morgan fingerprint density at radius 1 is 1.23 bits per heavy atom. The molecule has 112 valence electrons. The molecule has 1 aliphatic rings. The van der Waals surface area contributed by atoms with Gasteiger partial charge in [0, 0.05) is 16.1 Å². The molecule has 1 heterocycles. The molecule has 1 aliphatic heterocycles. The molecule has 0 saturated carbocycles. The van der Waals surface area contributed by atoms with Gasteiger partial charge in [0.2, 0.25) is 0 Å². The van der Waals surface area contributed by atoms with Crippen LogP contribution in [0.25, 0.3) is 5.57 Å². The molecule has 0 fully saturated rings. The highest BCUT2D eigenvalue weighted by molar-refractivity contribution is 6.30. The second kappa shape index (κ2) is 5.46. The second-order valence-electron chi connectivity index (χ2n) is 5.04. The van der Waals surface area contributed by atoms with Crippen LogP contribution in [-0.2, 0) is 0 Å². The third-order valence-electron chi connectivity index (χ3n) is 3.45. The van der Waals surface area contributed by atoms with Crippen molar-refractivity contribution in [2.24, 2.45) is 0 Å². The number of aromatic carboxylic acids is 1. The summed E-state index contributed by atoms with van der Waals surface area (Å²) in [7, 11) is 0. The molecule has 2 aromatic carbocycles.